The van der Waals surface area contributed by atoms with Crippen molar-refractivity contribution in [3.05, 3.63) is 24.4 Å². The van der Waals surface area contributed by atoms with Gasteiger partial charge in [0.25, 0.3) is 0 Å². The Hall–Kier alpha value is -1.40. The van der Waals surface area contributed by atoms with E-state index in [9.17, 15) is 0 Å². The maximum absolute atomic E-state index is 4.34. The molecule has 0 bridgehead atoms. The van der Waals surface area contributed by atoms with Crippen LogP contribution in [0.15, 0.2) is 29.6 Å². The minimum absolute atomic E-state index is 0.737. The summed E-state index contributed by atoms with van der Waals surface area (Å²) in [5.74, 6) is 1.92. The summed E-state index contributed by atoms with van der Waals surface area (Å²) in [6.45, 7) is 1.24. The molecule has 0 spiro atoms. The van der Waals surface area contributed by atoms with Crippen molar-refractivity contribution in [2.24, 2.45) is 7.05 Å². The van der Waals surface area contributed by atoms with Gasteiger partial charge in [-0.25, -0.2) is 0 Å². The molecule has 2 aromatic heterocycles. The average Bonchev–Trinajstić information content (AvgIpc) is 3.07. The summed E-state index contributed by atoms with van der Waals surface area (Å²) in [5.41, 5.74) is 0.870. The SMILES string of the molecule is CN1CCC[C@H]1CCSc1nnc(-c2ccccn2)n1C. The molecule has 1 aliphatic heterocycles. The molecule has 1 atom stereocenters. The molecule has 1 aliphatic rings. The fraction of sp³-hybridized carbons (Fsp3) is 0.533. The first-order valence-corrected chi connectivity index (χ1v) is 8.38. The normalized spacial score (nSPS) is 19.2. The maximum atomic E-state index is 4.34. The van der Waals surface area contributed by atoms with Crippen molar-refractivity contribution in [1.29, 1.82) is 0 Å². The van der Waals surface area contributed by atoms with E-state index in [2.05, 4.69) is 27.1 Å². The molecule has 1 fully saturated rings. The minimum Gasteiger partial charge on any atom is -0.304 e. The van der Waals surface area contributed by atoms with Gasteiger partial charge in [0, 0.05) is 25.0 Å². The monoisotopic (exact) mass is 303 g/mol. The first kappa shape index (κ1) is 14.5. The number of pyridine rings is 1. The first-order chi connectivity index (χ1) is 10.3. The highest BCUT2D eigenvalue weighted by molar-refractivity contribution is 7.99. The van der Waals surface area contributed by atoms with E-state index in [0.29, 0.717) is 0 Å². The van der Waals surface area contributed by atoms with Gasteiger partial charge in [-0.3, -0.25) is 4.98 Å². The van der Waals surface area contributed by atoms with E-state index in [-0.39, 0.29) is 0 Å². The number of nitrogens with zero attached hydrogens (tertiary/aromatic N) is 5. The summed E-state index contributed by atoms with van der Waals surface area (Å²) in [5, 5.41) is 9.54. The van der Waals surface area contributed by atoms with Crippen molar-refractivity contribution in [2.75, 3.05) is 19.3 Å². The van der Waals surface area contributed by atoms with Crippen molar-refractivity contribution in [3.63, 3.8) is 0 Å². The van der Waals surface area contributed by atoms with E-state index >= 15 is 0 Å². The number of hydrogen-bond donors (Lipinski definition) is 0. The molecule has 2 aromatic rings. The van der Waals surface area contributed by atoms with E-state index in [0.717, 1.165) is 28.5 Å². The van der Waals surface area contributed by atoms with Crippen LogP contribution in [0.1, 0.15) is 19.3 Å². The van der Waals surface area contributed by atoms with Gasteiger partial charge in [0.15, 0.2) is 11.0 Å². The van der Waals surface area contributed by atoms with Gasteiger partial charge in [-0.2, -0.15) is 0 Å². The van der Waals surface area contributed by atoms with Gasteiger partial charge in [0.2, 0.25) is 0 Å². The molecule has 0 saturated carbocycles. The lowest BCUT2D eigenvalue weighted by Crippen LogP contribution is -2.25. The van der Waals surface area contributed by atoms with Crippen LogP contribution in [0.25, 0.3) is 11.5 Å². The Bertz CT molecular complexity index is 583. The third-order valence-corrected chi connectivity index (χ3v) is 5.14. The zero-order valence-electron chi connectivity index (χ0n) is 12.6. The van der Waals surface area contributed by atoms with Gasteiger partial charge in [0.1, 0.15) is 5.69 Å². The summed E-state index contributed by atoms with van der Waals surface area (Å²) < 4.78 is 2.03. The number of thioether (sulfide) groups is 1. The van der Waals surface area contributed by atoms with Gasteiger partial charge < -0.3 is 9.47 Å². The third-order valence-electron chi connectivity index (χ3n) is 4.08. The van der Waals surface area contributed by atoms with Crippen LogP contribution in [0.5, 0.6) is 0 Å². The largest absolute Gasteiger partial charge is 0.304 e. The zero-order chi connectivity index (χ0) is 14.7. The highest BCUT2D eigenvalue weighted by Crippen LogP contribution is 2.24. The summed E-state index contributed by atoms with van der Waals surface area (Å²) >= 11 is 1.79. The van der Waals surface area contributed by atoms with E-state index in [1.54, 1.807) is 18.0 Å². The predicted molar refractivity (Wildman–Crippen MR) is 85.2 cm³/mol. The van der Waals surface area contributed by atoms with Crippen LogP contribution >= 0.6 is 11.8 Å². The topological polar surface area (TPSA) is 46.8 Å². The Morgan fingerprint density at radius 2 is 2.19 bits per heavy atom. The molecule has 3 rings (SSSR count). The standard InChI is InChI=1S/C15H21N5S/c1-19-10-5-6-12(19)8-11-21-15-18-17-14(20(15)2)13-7-3-4-9-16-13/h3-4,7,9,12H,5-6,8,10-11H2,1-2H3/t12-/m0/s1. The molecule has 0 aromatic carbocycles. The lowest BCUT2D eigenvalue weighted by atomic mass is 10.2. The second-order valence-electron chi connectivity index (χ2n) is 5.49. The molecule has 1 saturated heterocycles. The second kappa shape index (κ2) is 6.58. The van der Waals surface area contributed by atoms with E-state index in [1.807, 2.05) is 29.8 Å². The molecule has 0 amide bonds. The molecule has 0 aliphatic carbocycles. The van der Waals surface area contributed by atoms with Crippen LogP contribution in [0, 0.1) is 0 Å². The Morgan fingerprint density at radius 3 is 2.90 bits per heavy atom. The Balaban J connectivity index is 1.61. The molecule has 6 heteroatoms. The highest BCUT2D eigenvalue weighted by atomic mass is 32.2. The smallest absolute Gasteiger partial charge is 0.191 e. The first-order valence-electron chi connectivity index (χ1n) is 7.39. The van der Waals surface area contributed by atoms with Crippen LogP contribution in [0.2, 0.25) is 0 Å². The third kappa shape index (κ3) is 3.27. The van der Waals surface area contributed by atoms with Crippen LogP contribution in [0.3, 0.4) is 0 Å². The average molecular weight is 303 g/mol. The van der Waals surface area contributed by atoms with E-state index in [1.165, 1.54) is 25.8 Å². The molecule has 112 valence electrons. The van der Waals surface area contributed by atoms with Crippen LogP contribution in [0.4, 0.5) is 0 Å². The van der Waals surface area contributed by atoms with Gasteiger partial charge in [-0.05, 0) is 45.0 Å². The Kier molecular flexibility index (Phi) is 4.55. The molecule has 0 radical (unpaired) electrons. The highest BCUT2D eigenvalue weighted by Gasteiger charge is 2.20. The maximum Gasteiger partial charge on any atom is 0.191 e. The van der Waals surface area contributed by atoms with E-state index < -0.39 is 0 Å². The Morgan fingerprint density at radius 1 is 1.29 bits per heavy atom. The number of hydrogen-bond acceptors (Lipinski definition) is 5. The zero-order valence-corrected chi connectivity index (χ0v) is 13.4. The molecular formula is C15H21N5S. The van der Waals surface area contributed by atoms with Crippen molar-refractivity contribution in [3.8, 4) is 11.5 Å². The van der Waals surface area contributed by atoms with Gasteiger partial charge in [-0.1, -0.05) is 17.8 Å². The lowest BCUT2D eigenvalue weighted by molar-refractivity contribution is 0.305. The number of aromatic nitrogens is 4. The number of likely N-dealkylation sites (tertiary alicyclic amines) is 1. The molecule has 21 heavy (non-hydrogen) atoms. The van der Waals surface area contributed by atoms with Crippen LogP contribution in [-0.2, 0) is 7.05 Å². The van der Waals surface area contributed by atoms with Crippen molar-refractivity contribution in [1.82, 2.24) is 24.6 Å². The van der Waals surface area contributed by atoms with Crippen molar-refractivity contribution in [2.45, 2.75) is 30.5 Å². The minimum atomic E-state index is 0.737. The molecule has 3 heterocycles. The fourth-order valence-corrected chi connectivity index (χ4v) is 3.74. The van der Waals surface area contributed by atoms with Gasteiger partial charge in [0.05, 0.1) is 0 Å². The molecule has 0 unspecified atom stereocenters. The van der Waals surface area contributed by atoms with Crippen LogP contribution in [-0.4, -0.2) is 50.0 Å². The molecule has 5 nitrogen and oxygen atoms in total. The lowest BCUT2D eigenvalue weighted by Gasteiger charge is -2.18. The summed E-state index contributed by atoms with van der Waals surface area (Å²) in [7, 11) is 4.23. The van der Waals surface area contributed by atoms with Gasteiger partial charge >= 0.3 is 0 Å². The quantitative estimate of drug-likeness (QED) is 0.794. The predicted octanol–water partition coefficient (Wildman–Crippen LogP) is 2.45. The van der Waals surface area contributed by atoms with E-state index in [4.69, 9.17) is 0 Å². The fourth-order valence-electron chi connectivity index (χ4n) is 2.79. The van der Waals surface area contributed by atoms with Crippen molar-refractivity contribution >= 4 is 11.8 Å². The van der Waals surface area contributed by atoms with Gasteiger partial charge in [-0.15, -0.1) is 10.2 Å². The Labute approximate surface area is 129 Å². The molecule has 0 N–H and O–H groups in total. The number of rotatable bonds is 5. The summed E-state index contributed by atoms with van der Waals surface area (Å²) in [6.07, 6.45) is 5.66. The summed E-state index contributed by atoms with van der Waals surface area (Å²) in [4.78, 5) is 6.81. The van der Waals surface area contributed by atoms with Crippen LogP contribution < -0.4 is 0 Å². The van der Waals surface area contributed by atoms with Crippen molar-refractivity contribution < 1.29 is 0 Å². The second-order valence-corrected chi connectivity index (χ2v) is 6.56. The summed E-state index contributed by atoms with van der Waals surface area (Å²) in [6, 6.07) is 6.58. The molecular weight excluding hydrogens is 282 g/mol.